The average Bonchev–Trinajstić information content (AvgIpc) is 2.38. The highest BCUT2D eigenvalue weighted by Gasteiger charge is 2.32. The second-order valence-corrected chi connectivity index (χ2v) is 5.11. The second-order valence-electron chi connectivity index (χ2n) is 5.11. The van der Waals surface area contributed by atoms with Crippen molar-refractivity contribution in [2.24, 2.45) is 0 Å². The van der Waals surface area contributed by atoms with Crippen LogP contribution in [0.25, 0.3) is 0 Å². The predicted molar refractivity (Wildman–Crippen MR) is 64.9 cm³/mol. The van der Waals surface area contributed by atoms with Crippen molar-refractivity contribution in [2.75, 3.05) is 13.1 Å². The molecule has 0 bridgehead atoms. The Morgan fingerprint density at radius 1 is 0.947 bits per heavy atom. The molecule has 0 spiro atoms. The summed E-state index contributed by atoms with van der Waals surface area (Å²) in [7, 11) is 0. The van der Waals surface area contributed by atoms with Gasteiger partial charge in [0.2, 0.25) is 12.2 Å². The average molecular weight is 276 g/mol. The number of aliphatic carboxylic acids is 2. The Labute approximate surface area is 111 Å². The Morgan fingerprint density at radius 3 is 1.74 bits per heavy atom. The van der Waals surface area contributed by atoms with E-state index in [0.29, 0.717) is 4.90 Å². The molecule has 1 saturated carbocycles. The molecule has 1 aliphatic rings. The molecule has 1 aliphatic carbocycles. The van der Waals surface area contributed by atoms with Gasteiger partial charge in [0.15, 0.2) is 0 Å². The molecule has 0 aromatic carbocycles. The zero-order valence-electron chi connectivity index (χ0n) is 10.8. The van der Waals surface area contributed by atoms with E-state index in [9.17, 15) is 19.8 Å². The van der Waals surface area contributed by atoms with Crippen molar-refractivity contribution in [3.8, 4) is 0 Å². The van der Waals surface area contributed by atoms with Crippen molar-refractivity contribution in [3.63, 3.8) is 0 Å². The summed E-state index contributed by atoms with van der Waals surface area (Å²) in [6, 6.07) is 0.108. The highest BCUT2D eigenvalue weighted by Crippen LogP contribution is 2.15. The molecule has 0 amide bonds. The summed E-state index contributed by atoms with van der Waals surface area (Å²) in [5.74, 6) is -2.64. The third kappa shape index (κ3) is 5.14. The Balaban J connectivity index is 2.65. The number of rotatable bonds is 7. The molecule has 1 rings (SSSR count). The minimum Gasteiger partial charge on any atom is -0.479 e. The van der Waals surface area contributed by atoms with E-state index >= 15 is 0 Å². The first kappa shape index (κ1) is 15.9. The summed E-state index contributed by atoms with van der Waals surface area (Å²) >= 11 is 0. The van der Waals surface area contributed by atoms with Crippen molar-refractivity contribution in [1.82, 2.24) is 0 Å². The fourth-order valence-electron chi connectivity index (χ4n) is 2.60. The van der Waals surface area contributed by atoms with Gasteiger partial charge in [0, 0.05) is 0 Å². The molecular weight excluding hydrogens is 254 g/mol. The lowest BCUT2D eigenvalue weighted by molar-refractivity contribution is -0.930. The molecule has 2 unspecified atom stereocenters. The van der Waals surface area contributed by atoms with Gasteiger partial charge in [0.1, 0.15) is 13.1 Å². The van der Waals surface area contributed by atoms with Crippen LogP contribution < -0.4 is 4.90 Å². The van der Waals surface area contributed by atoms with Crippen LogP contribution >= 0.6 is 0 Å². The molecule has 7 heteroatoms. The van der Waals surface area contributed by atoms with Gasteiger partial charge in [-0.2, -0.15) is 0 Å². The van der Waals surface area contributed by atoms with E-state index in [1.165, 1.54) is 0 Å². The van der Waals surface area contributed by atoms with Crippen LogP contribution in [0.15, 0.2) is 0 Å². The van der Waals surface area contributed by atoms with Crippen LogP contribution in [-0.4, -0.2) is 63.7 Å². The number of hydrogen-bond donors (Lipinski definition) is 5. The Morgan fingerprint density at radius 2 is 1.37 bits per heavy atom. The number of nitrogens with one attached hydrogen (secondary N) is 1. The smallest absolute Gasteiger partial charge is 0.338 e. The fraction of sp³-hybridized carbons (Fsp3) is 0.833. The zero-order valence-corrected chi connectivity index (χ0v) is 10.8. The van der Waals surface area contributed by atoms with Gasteiger partial charge in [-0.3, -0.25) is 0 Å². The minimum atomic E-state index is -1.53. The third-order valence-corrected chi connectivity index (χ3v) is 3.66. The maximum Gasteiger partial charge on any atom is 0.338 e. The molecule has 19 heavy (non-hydrogen) atoms. The molecule has 0 aromatic heterocycles. The minimum absolute atomic E-state index is 0.0790. The van der Waals surface area contributed by atoms with Gasteiger partial charge in [-0.15, -0.1) is 0 Å². The second kappa shape index (κ2) is 7.42. The molecule has 0 aromatic rings. The lowest BCUT2D eigenvalue weighted by atomic mass is 9.93. The van der Waals surface area contributed by atoms with Gasteiger partial charge >= 0.3 is 11.9 Å². The maximum absolute atomic E-state index is 10.7. The third-order valence-electron chi connectivity index (χ3n) is 3.66. The number of carboxylic acids is 2. The summed E-state index contributed by atoms with van der Waals surface area (Å²) in [5, 5.41) is 36.3. The van der Waals surface area contributed by atoms with E-state index in [0.717, 1.165) is 32.1 Å². The van der Waals surface area contributed by atoms with E-state index in [4.69, 9.17) is 10.2 Å². The van der Waals surface area contributed by atoms with Crippen molar-refractivity contribution < 1.29 is 34.9 Å². The molecule has 5 N–H and O–H groups in total. The number of carboxylic acid groups (broad SMARTS) is 2. The molecule has 0 radical (unpaired) electrons. The van der Waals surface area contributed by atoms with Crippen LogP contribution in [0.2, 0.25) is 0 Å². The van der Waals surface area contributed by atoms with Crippen LogP contribution in [0.1, 0.15) is 32.1 Å². The summed E-state index contributed by atoms with van der Waals surface area (Å²) in [6.45, 7) is -0.158. The van der Waals surface area contributed by atoms with Crippen molar-refractivity contribution in [1.29, 1.82) is 0 Å². The molecular formula is C12H22NO6+. The highest BCUT2D eigenvalue weighted by molar-refractivity contribution is 5.72. The topological polar surface area (TPSA) is 120 Å². The first-order valence-corrected chi connectivity index (χ1v) is 6.58. The summed E-state index contributed by atoms with van der Waals surface area (Å²) in [4.78, 5) is 22.0. The van der Waals surface area contributed by atoms with E-state index in [-0.39, 0.29) is 19.1 Å². The van der Waals surface area contributed by atoms with Gasteiger partial charge in [0.05, 0.1) is 6.04 Å². The Bertz CT molecular complexity index is 293. The van der Waals surface area contributed by atoms with Gasteiger partial charge in [0.25, 0.3) is 0 Å². The molecule has 1 fully saturated rings. The highest BCUT2D eigenvalue weighted by atomic mass is 16.4. The van der Waals surface area contributed by atoms with E-state index in [1.807, 2.05) is 0 Å². The molecule has 0 saturated heterocycles. The Kier molecular flexibility index (Phi) is 6.20. The normalized spacial score (nSPS) is 21.6. The lowest BCUT2D eigenvalue weighted by Gasteiger charge is -2.32. The number of quaternary nitrogens is 1. The zero-order chi connectivity index (χ0) is 14.4. The van der Waals surface area contributed by atoms with Crippen LogP contribution in [0.3, 0.4) is 0 Å². The lowest BCUT2D eigenvalue weighted by Crippen LogP contribution is -3.18. The van der Waals surface area contributed by atoms with Crippen LogP contribution in [-0.2, 0) is 9.59 Å². The first-order chi connectivity index (χ1) is 8.91. The van der Waals surface area contributed by atoms with Crippen molar-refractivity contribution in [2.45, 2.75) is 50.4 Å². The van der Waals surface area contributed by atoms with Gasteiger partial charge in [-0.05, 0) is 25.7 Å². The summed E-state index contributed by atoms with van der Waals surface area (Å²) < 4.78 is 0. The van der Waals surface area contributed by atoms with Crippen LogP contribution in [0.5, 0.6) is 0 Å². The SMILES string of the molecule is O=C(O)C(O)C[NH+](CC(O)C(=O)O)C1CCCCC1. The number of aliphatic hydroxyl groups excluding tert-OH is 2. The van der Waals surface area contributed by atoms with Crippen LogP contribution in [0.4, 0.5) is 0 Å². The molecule has 110 valence electrons. The van der Waals surface area contributed by atoms with Gasteiger partial charge < -0.3 is 25.3 Å². The van der Waals surface area contributed by atoms with Gasteiger partial charge in [-0.25, -0.2) is 9.59 Å². The number of hydrogen-bond acceptors (Lipinski definition) is 4. The largest absolute Gasteiger partial charge is 0.479 e. The van der Waals surface area contributed by atoms with E-state index in [1.54, 1.807) is 0 Å². The van der Waals surface area contributed by atoms with Crippen molar-refractivity contribution >= 4 is 11.9 Å². The first-order valence-electron chi connectivity index (χ1n) is 6.58. The molecule has 0 aliphatic heterocycles. The summed E-state index contributed by atoms with van der Waals surface area (Å²) in [6.07, 6.45) is 1.83. The fourth-order valence-corrected chi connectivity index (χ4v) is 2.60. The van der Waals surface area contributed by atoms with E-state index in [2.05, 4.69) is 0 Å². The number of aliphatic hydroxyl groups is 2. The molecule has 0 heterocycles. The van der Waals surface area contributed by atoms with Crippen molar-refractivity contribution in [3.05, 3.63) is 0 Å². The monoisotopic (exact) mass is 276 g/mol. The predicted octanol–water partition coefficient (Wildman–Crippen LogP) is -1.90. The standard InChI is InChI=1S/C12H21NO6/c14-9(11(16)17)6-13(7-10(15)12(18)19)8-4-2-1-3-5-8/h8-10,14-15H,1-7H2,(H,16,17)(H,18,19)/p+1. The quantitative estimate of drug-likeness (QED) is 0.370. The maximum atomic E-state index is 10.7. The van der Waals surface area contributed by atoms with Gasteiger partial charge in [-0.1, -0.05) is 6.42 Å². The summed E-state index contributed by atoms with van der Waals surface area (Å²) in [5.41, 5.74) is 0. The molecule has 2 atom stereocenters. The van der Waals surface area contributed by atoms with E-state index < -0.39 is 24.1 Å². The Hall–Kier alpha value is -1.18. The van der Waals surface area contributed by atoms with Crippen LogP contribution in [0, 0.1) is 0 Å². The number of carbonyl (C=O) groups is 2. The molecule has 7 nitrogen and oxygen atoms in total.